The standard InChI is InChI=1S/C19H27FN4O/c1-22(9-2-12-25)18-7-10-23(11-8-18)14-16-13-21-24(15-16)19-5-3-17(20)4-6-19/h3-6,13,15,18,25H,2,7-12,14H2,1H3. The van der Waals surface area contributed by atoms with E-state index >= 15 is 0 Å². The number of aliphatic hydroxyl groups is 1. The van der Waals surface area contributed by atoms with Crippen molar-refractivity contribution >= 4 is 0 Å². The van der Waals surface area contributed by atoms with Crippen molar-refractivity contribution in [3.05, 3.63) is 48.0 Å². The lowest BCUT2D eigenvalue weighted by atomic mass is 10.0. The second-order valence-electron chi connectivity index (χ2n) is 6.83. The Hall–Kier alpha value is -1.76. The summed E-state index contributed by atoms with van der Waals surface area (Å²) in [6, 6.07) is 6.99. The number of aliphatic hydroxyl groups excluding tert-OH is 1. The largest absolute Gasteiger partial charge is 0.396 e. The van der Waals surface area contributed by atoms with Crippen molar-refractivity contribution in [1.82, 2.24) is 19.6 Å². The molecule has 0 atom stereocenters. The number of hydrogen-bond acceptors (Lipinski definition) is 4. The maximum atomic E-state index is 13.0. The molecule has 0 bridgehead atoms. The van der Waals surface area contributed by atoms with E-state index in [1.807, 2.05) is 12.4 Å². The summed E-state index contributed by atoms with van der Waals surface area (Å²) in [5.41, 5.74) is 2.05. The Morgan fingerprint density at radius 1 is 1.24 bits per heavy atom. The Kier molecular flexibility index (Phi) is 6.18. The van der Waals surface area contributed by atoms with Crippen molar-refractivity contribution in [2.75, 3.05) is 33.3 Å². The lowest BCUT2D eigenvalue weighted by Crippen LogP contribution is -2.43. The number of benzene rings is 1. The van der Waals surface area contributed by atoms with Crippen LogP contribution < -0.4 is 0 Å². The summed E-state index contributed by atoms with van der Waals surface area (Å²) in [5.74, 6) is -0.233. The highest BCUT2D eigenvalue weighted by Crippen LogP contribution is 2.18. The van der Waals surface area contributed by atoms with Gasteiger partial charge in [0.2, 0.25) is 0 Å². The van der Waals surface area contributed by atoms with Crippen LogP contribution in [0.4, 0.5) is 4.39 Å². The molecule has 2 aromatic rings. The molecule has 1 fully saturated rings. The third-order valence-electron chi connectivity index (χ3n) is 4.98. The number of likely N-dealkylation sites (tertiary alicyclic amines) is 1. The molecular formula is C19H27FN4O. The van der Waals surface area contributed by atoms with Crippen molar-refractivity contribution in [2.24, 2.45) is 0 Å². The van der Waals surface area contributed by atoms with E-state index in [4.69, 9.17) is 5.11 Å². The van der Waals surface area contributed by atoms with Crippen molar-refractivity contribution < 1.29 is 9.50 Å². The van der Waals surface area contributed by atoms with Gasteiger partial charge in [0.25, 0.3) is 0 Å². The molecule has 0 amide bonds. The van der Waals surface area contributed by atoms with E-state index in [1.165, 1.54) is 17.7 Å². The number of nitrogens with zero attached hydrogens (tertiary/aromatic N) is 4. The summed E-state index contributed by atoms with van der Waals surface area (Å²) in [5, 5.41) is 13.4. The van der Waals surface area contributed by atoms with Crippen molar-refractivity contribution in [2.45, 2.75) is 31.8 Å². The molecule has 0 unspecified atom stereocenters. The SMILES string of the molecule is CN(CCCO)C1CCN(Cc2cnn(-c3ccc(F)cc3)c2)CC1. The number of piperidine rings is 1. The van der Waals surface area contributed by atoms with Crippen LogP contribution in [-0.2, 0) is 6.54 Å². The van der Waals surface area contributed by atoms with Crippen LogP contribution in [0.1, 0.15) is 24.8 Å². The van der Waals surface area contributed by atoms with Crippen molar-refractivity contribution in [3.63, 3.8) is 0 Å². The zero-order valence-electron chi connectivity index (χ0n) is 14.8. The maximum Gasteiger partial charge on any atom is 0.123 e. The van der Waals surface area contributed by atoms with E-state index in [2.05, 4.69) is 21.9 Å². The summed E-state index contributed by atoms with van der Waals surface area (Å²) >= 11 is 0. The lowest BCUT2D eigenvalue weighted by molar-refractivity contribution is 0.117. The van der Waals surface area contributed by atoms with Crippen LogP contribution in [0.2, 0.25) is 0 Å². The van der Waals surface area contributed by atoms with Crippen molar-refractivity contribution in [1.29, 1.82) is 0 Å². The number of aromatic nitrogens is 2. The second-order valence-corrected chi connectivity index (χ2v) is 6.83. The van der Waals surface area contributed by atoms with E-state index in [0.717, 1.165) is 51.1 Å². The minimum atomic E-state index is -0.233. The van der Waals surface area contributed by atoms with E-state index in [1.54, 1.807) is 16.8 Å². The van der Waals surface area contributed by atoms with E-state index in [0.29, 0.717) is 6.04 Å². The van der Waals surface area contributed by atoms with E-state index < -0.39 is 0 Å². The number of hydrogen-bond donors (Lipinski definition) is 1. The molecule has 1 N–H and O–H groups in total. The topological polar surface area (TPSA) is 44.5 Å². The number of halogens is 1. The molecule has 1 aliphatic rings. The summed E-state index contributed by atoms with van der Waals surface area (Å²) in [7, 11) is 2.16. The van der Waals surface area contributed by atoms with Gasteiger partial charge in [-0.1, -0.05) is 0 Å². The molecule has 1 saturated heterocycles. The van der Waals surface area contributed by atoms with Gasteiger partial charge in [-0.3, -0.25) is 4.90 Å². The molecular weight excluding hydrogens is 319 g/mol. The van der Waals surface area contributed by atoms with Gasteiger partial charge in [0, 0.05) is 37.5 Å². The molecule has 0 spiro atoms. The highest BCUT2D eigenvalue weighted by Gasteiger charge is 2.22. The first-order chi connectivity index (χ1) is 12.2. The molecule has 0 radical (unpaired) electrons. The zero-order chi connectivity index (χ0) is 17.6. The summed E-state index contributed by atoms with van der Waals surface area (Å²) in [4.78, 5) is 4.84. The molecule has 0 aliphatic carbocycles. The van der Waals surface area contributed by atoms with Gasteiger partial charge in [0.15, 0.2) is 0 Å². The highest BCUT2D eigenvalue weighted by molar-refractivity contribution is 5.31. The van der Waals surface area contributed by atoms with Crippen LogP contribution in [0.25, 0.3) is 5.69 Å². The molecule has 6 heteroatoms. The monoisotopic (exact) mass is 346 g/mol. The normalized spacial score (nSPS) is 16.6. The first-order valence-corrected chi connectivity index (χ1v) is 8.98. The third-order valence-corrected chi connectivity index (χ3v) is 4.98. The molecule has 136 valence electrons. The average Bonchev–Trinajstić information content (AvgIpc) is 3.09. The second kappa shape index (κ2) is 8.56. The smallest absolute Gasteiger partial charge is 0.123 e. The summed E-state index contributed by atoms with van der Waals surface area (Å²) < 4.78 is 14.8. The zero-order valence-corrected chi connectivity index (χ0v) is 14.8. The first-order valence-electron chi connectivity index (χ1n) is 8.98. The van der Waals surface area contributed by atoms with Crippen LogP contribution in [0, 0.1) is 5.82 Å². The van der Waals surface area contributed by atoms with Gasteiger partial charge in [0.1, 0.15) is 5.82 Å². The first kappa shape index (κ1) is 18.0. The molecule has 25 heavy (non-hydrogen) atoms. The van der Waals surface area contributed by atoms with Gasteiger partial charge in [-0.15, -0.1) is 0 Å². The molecule has 1 aromatic heterocycles. The third kappa shape index (κ3) is 4.87. The van der Waals surface area contributed by atoms with Crippen LogP contribution in [-0.4, -0.2) is 64.0 Å². The number of rotatable bonds is 7. The van der Waals surface area contributed by atoms with Gasteiger partial charge in [-0.25, -0.2) is 9.07 Å². The Bertz CT molecular complexity index is 650. The van der Waals surface area contributed by atoms with Gasteiger partial charge in [-0.05, 0) is 63.7 Å². The molecule has 1 aromatic carbocycles. The van der Waals surface area contributed by atoms with Crippen LogP contribution in [0.5, 0.6) is 0 Å². The van der Waals surface area contributed by atoms with Crippen LogP contribution >= 0.6 is 0 Å². The molecule has 2 heterocycles. The van der Waals surface area contributed by atoms with E-state index in [-0.39, 0.29) is 12.4 Å². The Balaban J connectivity index is 1.50. The van der Waals surface area contributed by atoms with Crippen molar-refractivity contribution in [3.8, 4) is 5.69 Å². The fraction of sp³-hybridized carbons (Fsp3) is 0.526. The lowest BCUT2D eigenvalue weighted by Gasteiger charge is -2.36. The molecule has 3 rings (SSSR count). The Morgan fingerprint density at radius 3 is 2.64 bits per heavy atom. The quantitative estimate of drug-likeness (QED) is 0.835. The minimum absolute atomic E-state index is 0.233. The Labute approximate surface area is 148 Å². The molecule has 0 saturated carbocycles. The van der Waals surface area contributed by atoms with Crippen LogP contribution in [0.3, 0.4) is 0 Å². The molecule has 5 nitrogen and oxygen atoms in total. The molecule has 1 aliphatic heterocycles. The highest BCUT2D eigenvalue weighted by atomic mass is 19.1. The predicted molar refractivity (Wildman–Crippen MR) is 96.2 cm³/mol. The summed E-state index contributed by atoms with van der Waals surface area (Å²) in [6.07, 6.45) is 7.08. The fourth-order valence-corrected chi connectivity index (χ4v) is 3.46. The maximum absolute atomic E-state index is 13.0. The van der Waals surface area contributed by atoms with Crippen LogP contribution in [0.15, 0.2) is 36.7 Å². The van der Waals surface area contributed by atoms with Gasteiger partial charge >= 0.3 is 0 Å². The fourth-order valence-electron chi connectivity index (χ4n) is 3.46. The Morgan fingerprint density at radius 2 is 1.96 bits per heavy atom. The minimum Gasteiger partial charge on any atom is -0.396 e. The predicted octanol–water partition coefficient (Wildman–Crippen LogP) is 2.29. The average molecular weight is 346 g/mol. The summed E-state index contributed by atoms with van der Waals surface area (Å²) in [6.45, 7) is 4.28. The van der Waals surface area contributed by atoms with Gasteiger partial charge < -0.3 is 10.0 Å². The van der Waals surface area contributed by atoms with Gasteiger partial charge in [0.05, 0.1) is 11.9 Å². The van der Waals surface area contributed by atoms with Gasteiger partial charge in [-0.2, -0.15) is 5.10 Å². The van der Waals surface area contributed by atoms with E-state index in [9.17, 15) is 4.39 Å².